The predicted molar refractivity (Wildman–Crippen MR) is 117 cm³/mol. The molecule has 1 amide bonds. The van der Waals surface area contributed by atoms with Crippen molar-refractivity contribution in [2.75, 3.05) is 20.8 Å². The van der Waals surface area contributed by atoms with Crippen molar-refractivity contribution in [3.63, 3.8) is 0 Å². The lowest BCUT2D eigenvalue weighted by Crippen LogP contribution is -2.36. The van der Waals surface area contributed by atoms with Gasteiger partial charge in [0.15, 0.2) is 11.5 Å². The first kappa shape index (κ1) is 20.0. The second-order valence-corrected chi connectivity index (χ2v) is 7.43. The lowest BCUT2D eigenvalue weighted by Gasteiger charge is -2.20. The third kappa shape index (κ3) is 4.31. The average Bonchev–Trinajstić information content (AvgIpc) is 2.93. The van der Waals surface area contributed by atoms with Crippen molar-refractivity contribution in [1.29, 1.82) is 0 Å². The number of nitrogens with zero attached hydrogens (tertiary/aromatic N) is 1. The maximum atomic E-state index is 12.7. The summed E-state index contributed by atoms with van der Waals surface area (Å²) in [6.45, 7) is 2.28. The molecule has 154 valence electrons. The number of carbonyl (C=O) groups excluding carboxylic acids is 1. The fraction of sp³-hybridized carbons (Fsp3) is 0.240. The van der Waals surface area contributed by atoms with E-state index in [9.17, 15) is 4.79 Å². The molecule has 1 aliphatic rings. The molecule has 3 aromatic rings. The number of rotatable bonds is 6. The Morgan fingerprint density at radius 1 is 0.867 bits per heavy atom. The summed E-state index contributed by atoms with van der Waals surface area (Å²) in [7, 11) is 3.21. The van der Waals surface area contributed by atoms with Gasteiger partial charge < -0.3 is 14.8 Å². The number of fused-ring (bicyclic) bond motifs is 3. The third-order valence-corrected chi connectivity index (χ3v) is 5.42. The Bertz CT molecular complexity index is 1000. The fourth-order valence-corrected chi connectivity index (χ4v) is 3.94. The summed E-state index contributed by atoms with van der Waals surface area (Å²) in [5.74, 6) is 1.33. The summed E-state index contributed by atoms with van der Waals surface area (Å²) in [5.41, 5.74) is 5.96. The molecule has 1 N–H and O–H groups in total. The van der Waals surface area contributed by atoms with E-state index in [4.69, 9.17) is 9.47 Å². The van der Waals surface area contributed by atoms with E-state index in [-0.39, 0.29) is 5.91 Å². The fourth-order valence-electron chi connectivity index (χ4n) is 3.94. The summed E-state index contributed by atoms with van der Waals surface area (Å²) in [5, 5.41) is 3.03. The van der Waals surface area contributed by atoms with Gasteiger partial charge in [-0.1, -0.05) is 54.6 Å². The molecule has 0 saturated carbocycles. The van der Waals surface area contributed by atoms with Gasteiger partial charge in [0.25, 0.3) is 0 Å². The van der Waals surface area contributed by atoms with Crippen molar-refractivity contribution in [2.24, 2.45) is 0 Å². The van der Waals surface area contributed by atoms with Gasteiger partial charge in [0.05, 0.1) is 20.8 Å². The topological polar surface area (TPSA) is 50.8 Å². The van der Waals surface area contributed by atoms with Crippen molar-refractivity contribution in [3.8, 4) is 22.6 Å². The summed E-state index contributed by atoms with van der Waals surface area (Å²) >= 11 is 0. The number of amides is 1. The monoisotopic (exact) mass is 402 g/mol. The van der Waals surface area contributed by atoms with E-state index < -0.39 is 0 Å². The molecule has 5 heteroatoms. The Labute approximate surface area is 177 Å². The number of nitrogens with one attached hydrogen (secondary N) is 1. The Hall–Kier alpha value is -3.31. The van der Waals surface area contributed by atoms with E-state index in [1.807, 2.05) is 18.2 Å². The van der Waals surface area contributed by atoms with Crippen LogP contribution in [0.3, 0.4) is 0 Å². The molecule has 0 spiro atoms. The van der Waals surface area contributed by atoms with Crippen molar-refractivity contribution in [3.05, 3.63) is 83.4 Å². The first-order chi connectivity index (χ1) is 14.7. The van der Waals surface area contributed by atoms with Crippen LogP contribution in [0.4, 0.5) is 0 Å². The van der Waals surface area contributed by atoms with Gasteiger partial charge in [-0.15, -0.1) is 0 Å². The summed E-state index contributed by atoms with van der Waals surface area (Å²) in [4.78, 5) is 14.9. The molecule has 0 bridgehead atoms. The maximum absolute atomic E-state index is 12.7. The van der Waals surface area contributed by atoms with Gasteiger partial charge in [-0.3, -0.25) is 9.69 Å². The molecule has 1 heterocycles. The largest absolute Gasteiger partial charge is 0.493 e. The van der Waals surface area contributed by atoms with Crippen molar-refractivity contribution in [2.45, 2.75) is 19.6 Å². The van der Waals surface area contributed by atoms with Crippen LogP contribution in [0, 0.1) is 0 Å². The predicted octanol–water partition coefficient (Wildman–Crippen LogP) is 4.00. The van der Waals surface area contributed by atoms with Gasteiger partial charge in [0.1, 0.15) is 0 Å². The number of carbonyl (C=O) groups is 1. The molecular weight excluding hydrogens is 376 g/mol. The van der Waals surface area contributed by atoms with E-state index >= 15 is 0 Å². The number of hydrogen-bond donors (Lipinski definition) is 1. The van der Waals surface area contributed by atoms with Gasteiger partial charge >= 0.3 is 0 Å². The van der Waals surface area contributed by atoms with E-state index in [1.165, 1.54) is 22.3 Å². The van der Waals surface area contributed by atoms with Crippen molar-refractivity contribution in [1.82, 2.24) is 10.2 Å². The number of methoxy groups -OCH3 is 2. The molecule has 0 unspecified atom stereocenters. The smallest absolute Gasteiger partial charge is 0.234 e. The van der Waals surface area contributed by atoms with Gasteiger partial charge in [-0.25, -0.2) is 0 Å². The number of hydrogen-bond acceptors (Lipinski definition) is 4. The Balaban J connectivity index is 1.44. The van der Waals surface area contributed by atoms with E-state index in [0.717, 1.165) is 18.7 Å². The second-order valence-electron chi connectivity index (χ2n) is 7.43. The zero-order valence-corrected chi connectivity index (χ0v) is 17.4. The van der Waals surface area contributed by atoms with Crippen molar-refractivity contribution < 1.29 is 14.3 Å². The van der Waals surface area contributed by atoms with Crippen LogP contribution >= 0.6 is 0 Å². The standard InChI is InChI=1S/C25H26N2O3/c1-29-23-12-11-18(13-24(23)30-2)14-26-25(28)17-27-15-19-7-3-5-9-21(19)22-10-6-4-8-20(22)16-27/h3-13H,14-17H2,1-2H3,(H,26,28). The number of benzene rings is 3. The lowest BCUT2D eigenvalue weighted by molar-refractivity contribution is -0.122. The SMILES string of the molecule is COc1ccc(CNC(=O)CN2Cc3ccccc3-c3ccccc3C2)cc1OC. The number of ether oxygens (including phenoxy) is 2. The first-order valence-corrected chi connectivity index (χ1v) is 10.0. The van der Waals surface area contributed by atoms with Gasteiger partial charge in [0, 0.05) is 19.6 Å². The van der Waals surface area contributed by atoms with Crippen LogP contribution < -0.4 is 14.8 Å². The zero-order chi connectivity index (χ0) is 20.9. The summed E-state index contributed by atoms with van der Waals surface area (Å²) in [6.07, 6.45) is 0. The molecule has 5 nitrogen and oxygen atoms in total. The minimum Gasteiger partial charge on any atom is -0.493 e. The Morgan fingerprint density at radius 2 is 1.47 bits per heavy atom. The highest BCUT2D eigenvalue weighted by atomic mass is 16.5. The molecule has 4 rings (SSSR count). The third-order valence-electron chi connectivity index (χ3n) is 5.42. The molecule has 0 radical (unpaired) electrons. The average molecular weight is 402 g/mol. The first-order valence-electron chi connectivity index (χ1n) is 10.0. The highest BCUT2D eigenvalue weighted by molar-refractivity contribution is 5.78. The zero-order valence-electron chi connectivity index (χ0n) is 17.4. The molecule has 30 heavy (non-hydrogen) atoms. The lowest BCUT2D eigenvalue weighted by atomic mass is 9.97. The van der Waals surface area contributed by atoms with Crippen LogP contribution in [0.5, 0.6) is 11.5 Å². The molecule has 0 fully saturated rings. The van der Waals surface area contributed by atoms with Gasteiger partial charge in [0.2, 0.25) is 5.91 Å². The van der Waals surface area contributed by atoms with Gasteiger partial charge in [-0.2, -0.15) is 0 Å². The van der Waals surface area contributed by atoms with Crippen LogP contribution in [-0.4, -0.2) is 31.6 Å². The highest BCUT2D eigenvalue weighted by Gasteiger charge is 2.20. The van der Waals surface area contributed by atoms with Crippen LogP contribution in [0.1, 0.15) is 16.7 Å². The Kier molecular flexibility index (Phi) is 6.00. The van der Waals surface area contributed by atoms with E-state index in [0.29, 0.717) is 24.6 Å². The van der Waals surface area contributed by atoms with Crippen LogP contribution in [0.25, 0.3) is 11.1 Å². The molecule has 0 atom stereocenters. The summed E-state index contributed by atoms with van der Waals surface area (Å²) in [6, 6.07) is 22.5. The van der Waals surface area contributed by atoms with Crippen LogP contribution in [-0.2, 0) is 24.4 Å². The normalized spacial score (nSPS) is 13.0. The molecule has 0 saturated heterocycles. The molecule has 0 aromatic heterocycles. The molecule has 0 aliphatic carbocycles. The van der Waals surface area contributed by atoms with Crippen molar-refractivity contribution >= 4 is 5.91 Å². The minimum atomic E-state index is 0.00153. The highest BCUT2D eigenvalue weighted by Crippen LogP contribution is 2.32. The minimum absolute atomic E-state index is 0.00153. The quantitative estimate of drug-likeness (QED) is 0.677. The van der Waals surface area contributed by atoms with E-state index in [2.05, 4.69) is 58.7 Å². The second kappa shape index (κ2) is 9.01. The maximum Gasteiger partial charge on any atom is 0.234 e. The Morgan fingerprint density at radius 3 is 2.07 bits per heavy atom. The summed E-state index contributed by atoms with van der Waals surface area (Å²) < 4.78 is 10.6. The molecule has 3 aromatic carbocycles. The molecular formula is C25H26N2O3. The van der Waals surface area contributed by atoms with Gasteiger partial charge in [-0.05, 0) is 39.9 Å². The van der Waals surface area contributed by atoms with Crippen LogP contribution in [0.15, 0.2) is 66.7 Å². The van der Waals surface area contributed by atoms with E-state index in [1.54, 1.807) is 14.2 Å². The molecule has 1 aliphatic heterocycles. The van der Waals surface area contributed by atoms with Crippen LogP contribution in [0.2, 0.25) is 0 Å².